The number of hydrogen-bond donors (Lipinski definition) is 0. The van der Waals surface area contributed by atoms with Gasteiger partial charge in [-0.1, -0.05) is 11.6 Å². The SMILES string of the molecule is O=C(c1cncs1)N1CCC[C@@]2(C3=CCOCC3)COCC[C@H]12. The number of carbonyl (C=O) groups excluding carboxylic acids is 1. The summed E-state index contributed by atoms with van der Waals surface area (Å²) in [5.41, 5.74) is 3.16. The molecule has 4 heterocycles. The summed E-state index contributed by atoms with van der Waals surface area (Å²) in [6.07, 6.45) is 7.94. The normalized spacial score (nSPS) is 31.4. The van der Waals surface area contributed by atoms with Crippen molar-refractivity contribution >= 4 is 17.2 Å². The summed E-state index contributed by atoms with van der Waals surface area (Å²) >= 11 is 1.43. The van der Waals surface area contributed by atoms with Crippen LogP contribution in [-0.4, -0.2) is 54.8 Å². The van der Waals surface area contributed by atoms with E-state index in [1.54, 1.807) is 11.7 Å². The van der Waals surface area contributed by atoms with Gasteiger partial charge in [-0.25, -0.2) is 0 Å². The van der Waals surface area contributed by atoms with Crippen molar-refractivity contribution < 1.29 is 14.3 Å². The second kappa shape index (κ2) is 6.34. The minimum absolute atomic E-state index is 0.0133. The zero-order chi connectivity index (χ0) is 15.7. The number of hydrogen-bond acceptors (Lipinski definition) is 5. The number of ether oxygens (including phenoxy) is 2. The third-order valence-corrected chi connectivity index (χ3v) is 6.20. The van der Waals surface area contributed by atoms with Crippen LogP contribution in [0.2, 0.25) is 0 Å². The second-order valence-electron chi connectivity index (χ2n) is 6.54. The maximum atomic E-state index is 13.0. The smallest absolute Gasteiger partial charge is 0.265 e. The molecule has 4 rings (SSSR count). The number of amides is 1. The predicted molar refractivity (Wildman–Crippen MR) is 87.6 cm³/mol. The topological polar surface area (TPSA) is 51.7 Å². The van der Waals surface area contributed by atoms with Crippen molar-refractivity contribution in [3.63, 3.8) is 0 Å². The number of thiazole rings is 1. The van der Waals surface area contributed by atoms with Crippen LogP contribution in [0.5, 0.6) is 0 Å². The number of rotatable bonds is 2. The molecule has 0 saturated carbocycles. The summed E-state index contributed by atoms with van der Waals surface area (Å²) in [5.74, 6) is 0.135. The van der Waals surface area contributed by atoms with E-state index in [1.807, 2.05) is 0 Å². The molecule has 1 aromatic rings. The highest BCUT2D eigenvalue weighted by Gasteiger charge is 2.50. The van der Waals surface area contributed by atoms with Crippen molar-refractivity contribution in [3.8, 4) is 0 Å². The molecule has 5 nitrogen and oxygen atoms in total. The Hall–Kier alpha value is -1.24. The predicted octanol–water partition coefficient (Wildman–Crippen LogP) is 2.50. The van der Waals surface area contributed by atoms with E-state index in [2.05, 4.69) is 16.0 Å². The molecule has 6 heteroatoms. The number of aromatic nitrogens is 1. The van der Waals surface area contributed by atoms with Crippen LogP contribution in [-0.2, 0) is 9.47 Å². The lowest BCUT2D eigenvalue weighted by Gasteiger charge is -2.54. The minimum atomic E-state index is -0.0133. The molecule has 0 radical (unpaired) electrons. The molecular formula is C17H22N2O3S. The summed E-state index contributed by atoms with van der Waals surface area (Å²) < 4.78 is 11.4. The van der Waals surface area contributed by atoms with Gasteiger partial charge in [0.05, 0.1) is 31.5 Å². The van der Waals surface area contributed by atoms with Crippen molar-refractivity contribution in [2.24, 2.45) is 5.41 Å². The van der Waals surface area contributed by atoms with Crippen LogP contribution in [0.3, 0.4) is 0 Å². The summed E-state index contributed by atoms with van der Waals surface area (Å²) in [6.45, 7) is 3.78. The van der Waals surface area contributed by atoms with Crippen LogP contribution < -0.4 is 0 Å². The molecule has 3 aliphatic rings. The molecule has 2 atom stereocenters. The number of likely N-dealkylation sites (tertiary alicyclic amines) is 1. The zero-order valence-electron chi connectivity index (χ0n) is 13.2. The van der Waals surface area contributed by atoms with Gasteiger partial charge in [0.15, 0.2) is 0 Å². The molecule has 124 valence electrons. The van der Waals surface area contributed by atoms with Crippen LogP contribution in [0.25, 0.3) is 0 Å². The van der Waals surface area contributed by atoms with Crippen molar-refractivity contribution in [2.75, 3.05) is 33.0 Å². The van der Waals surface area contributed by atoms with Crippen molar-refractivity contribution in [1.82, 2.24) is 9.88 Å². The van der Waals surface area contributed by atoms with E-state index < -0.39 is 0 Å². The fraction of sp³-hybridized carbons (Fsp3) is 0.647. The number of fused-ring (bicyclic) bond motifs is 1. The van der Waals surface area contributed by atoms with Crippen LogP contribution in [0.1, 0.15) is 35.4 Å². The van der Waals surface area contributed by atoms with Crippen LogP contribution in [0, 0.1) is 5.41 Å². The molecule has 1 aromatic heterocycles. The molecule has 0 aliphatic carbocycles. The fourth-order valence-electron chi connectivity index (χ4n) is 4.39. The Morgan fingerprint density at radius 3 is 3.13 bits per heavy atom. The van der Waals surface area contributed by atoms with Gasteiger partial charge in [-0.15, -0.1) is 11.3 Å². The van der Waals surface area contributed by atoms with E-state index >= 15 is 0 Å². The molecule has 1 amide bonds. The van der Waals surface area contributed by atoms with Crippen molar-refractivity contribution in [3.05, 3.63) is 28.2 Å². The third kappa shape index (κ3) is 2.62. The molecule has 23 heavy (non-hydrogen) atoms. The largest absolute Gasteiger partial charge is 0.380 e. The van der Waals surface area contributed by atoms with Gasteiger partial charge in [-0.2, -0.15) is 0 Å². The van der Waals surface area contributed by atoms with E-state index in [-0.39, 0.29) is 17.4 Å². The van der Waals surface area contributed by atoms with E-state index in [1.165, 1.54) is 16.9 Å². The monoisotopic (exact) mass is 334 g/mol. The van der Waals surface area contributed by atoms with E-state index in [9.17, 15) is 4.79 Å². The average molecular weight is 334 g/mol. The van der Waals surface area contributed by atoms with Crippen LogP contribution in [0.15, 0.2) is 23.4 Å². The highest BCUT2D eigenvalue weighted by atomic mass is 32.1. The molecule has 2 fully saturated rings. The lowest BCUT2D eigenvalue weighted by molar-refractivity contribution is -0.0738. The summed E-state index contributed by atoms with van der Waals surface area (Å²) in [6, 6.07) is 0.240. The summed E-state index contributed by atoms with van der Waals surface area (Å²) in [5, 5.41) is 0. The van der Waals surface area contributed by atoms with E-state index in [4.69, 9.17) is 9.47 Å². The Bertz CT molecular complexity index is 597. The first-order chi connectivity index (χ1) is 11.3. The molecule has 0 N–H and O–H groups in total. The average Bonchev–Trinajstić information content (AvgIpc) is 3.16. The molecule has 0 bridgehead atoms. The van der Waals surface area contributed by atoms with Gasteiger partial charge in [-0.3, -0.25) is 9.78 Å². The first kappa shape index (κ1) is 15.3. The van der Waals surface area contributed by atoms with Crippen molar-refractivity contribution in [1.29, 1.82) is 0 Å². The highest BCUT2D eigenvalue weighted by molar-refractivity contribution is 7.11. The third-order valence-electron chi connectivity index (χ3n) is 5.44. The van der Waals surface area contributed by atoms with Gasteiger partial charge >= 0.3 is 0 Å². The zero-order valence-corrected chi connectivity index (χ0v) is 14.0. The van der Waals surface area contributed by atoms with Gasteiger partial charge in [0.1, 0.15) is 4.88 Å². The quantitative estimate of drug-likeness (QED) is 0.780. The first-order valence-electron chi connectivity index (χ1n) is 8.36. The maximum Gasteiger partial charge on any atom is 0.265 e. The van der Waals surface area contributed by atoms with Gasteiger partial charge in [0.2, 0.25) is 0 Å². The van der Waals surface area contributed by atoms with E-state index in [0.29, 0.717) is 6.61 Å². The lowest BCUT2D eigenvalue weighted by Crippen LogP contribution is -2.59. The number of piperidine rings is 1. The van der Waals surface area contributed by atoms with Gasteiger partial charge in [0, 0.05) is 24.6 Å². The molecule has 0 aromatic carbocycles. The summed E-state index contributed by atoms with van der Waals surface area (Å²) in [7, 11) is 0. The number of nitrogens with zero attached hydrogens (tertiary/aromatic N) is 2. The molecular weight excluding hydrogens is 312 g/mol. The Morgan fingerprint density at radius 1 is 1.39 bits per heavy atom. The standard InChI is InChI=1S/C17H22N2O3S/c20-16(14-10-18-12-23-14)19-6-1-5-17(11-22-9-4-15(17)19)13-2-7-21-8-3-13/h2,10,12,15H,1,3-9,11H2/t15-,17-/m0/s1. The maximum absolute atomic E-state index is 13.0. The number of carbonyl (C=O) groups is 1. The van der Waals surface area contributed by atoms with Crippen LogP contribution >= 0.6 is 11.3 Å². The Kier molecular flexibility index (Phi) is 4.22. The van der Waals surface area contributed by atoms with Gasteiger partial charge in [0.25, 0.3) is 5.91 Å². The highest BCUT2D eigenvalue weighted by Crippen LogP contribution is 2.48. The Morgan fingerprint density at radius 2 is 2.35 bits per heavy atom. The van der Waals surface area contributed by atoms with Gasteiger partial charge in [-0.05, 0) is 25.7 Å². The second-order valence-corrected chi connectivity index (χ2v) is 7.42. The fourth-order valence-corrected chi connectivity index (χ4v) is 4.96. The molecule has 3 aliphatic heterocycles. The Balaban J connectivity index is 1.67. The summed E-state index contributed by atoms with van der Waals surface area (Å²) in [4.78, 5) is 19.9. The van der Waals surface area contributed by atoms with Gasteiger partial charge < -0.3 is 14.4 Å². The molecule has 0 unspecified atom stereocenters. The molecule has 0 spiro atoms. The van der Waals surface area contributed by atoms with Crippen LogP contribution in [0.4, 0.5) is 0 Å². The van der Waals surface area contributed by atoms with E-state index in [0.717, 1.165) is 56.9 Å². The Labute approximate surface area is 140 Å². The lowest BCUT2D eigenvalue weighted by atomic mass is 9.65. The minimum Gasteiger partial charge on any atom is -0.380 e. The molecule has 2 saturated heterocycles. The first-order valence-corrected chi connectivity index (χ1v) is 9.24. The van der Waals surface area contributed by atoms with Crippen molar-refractivity contribution in [2.45, 2.75) is 31.7 Å².